The van der Waals surface area contributed by atoms with Crippen molar-refractivity contribution in [1.29, 1.82) is 0 Å². The van der Waals surface area contributed by atoms with E-state index in [1.807, 2.05) is 11.8 Å². The first-order chi connectivity index (χ1) is 11.0. The van der Waals surface area contributed by atoms with Gasteiger partial charge in [0.05, 0.1) is 17.8 Å². The van der Waals surface area contributed by atoms with Crippen LogP contribution in [-0.4, -0.2) is 55.9 Å². The van der Waals surface area contributed by atoms with Gasteiger partial charge in [-0.25, -0.2) is 4.39 Å². The molecule has 126 valence electrons. The summed E-state index contributed by atoms with van der Waals surface area (Å²) in [6.45, 7) is 7.26. The highest BCUT2D eigenvalue weighted by Gasteiger charge is 2.23. The van der Waals surface area contributed by atoms with Crippen LogP contribution < -0.4 is 10.2 Å². The molecule has 0 spiro atoms. The van der Waals surface area contributed by atoms with E-state index < -0.39 is 5.82 Å². The summed E-state index contributed by atoms with van der Waals surface area (Å²) >= 11 is 0. The first-order valence-electron chi connectivity index (χ1n) is 8.06. The monoisotopic (exact) mass is 321 g/mol. The van der Waals surface area contributed by atoms with Crippen LogP contribution in [0.3, 0.4) is 0 Å². The maximum absolute atomic E-state index is 13.9. The molecule has 23 heavy (non-hydrogen) atoms. The SMILES string of the molecule is CCCNC(=O)CN1CCN(c2cccc(F)c2C(C)=O)CC1. The van der Waals surface area contributed by atoms with Crippen LogP contribution in [0.25, 0.3) is 0 Å². The molecule has 1 saturated heterocycles. The molecule has 1 amide bonds. The second kappa shape index (κ2) is 8.06. The maximum atomic E-state index is 13.9. The Kier molecular flexibility index (Phi) is 6.10. The number of nitrogens with one attached hydrogen (secondary N) is 1. The molecule has 0 aromatic heterocycles. The van der Waals surface area contributed by atoms with E-state index in [9.17, 15) is 14.0 Å². The van der Waals surface area contributed by atoms with Crippen molar-refractivity contribution in [2.24, 2.45) is 0 Å². The second-order valence-corrected chi connectivity index (χ2v) is 5.80. The molecule has 0 aliphatic carbocycles. The quantitative estimate of drug-likeness (QED) is 0.810. The summed E-state index contributed by atoms with van der Waals surface area (Å²) in [4.78, 5) is 27.6. The number of ketones is 1. The third-order valence-electron chi connectivity index (χ3n) is 4.00. The van der Waals surface area contributed by atoms with Crippen LogP contribution in [0.2, 0.25) is 0 Å². The number of benzene rings is 1. The summed E-state index contributed by atoms with van der Waals surface area (Å²) in [5.41, 5.74) is 0.800. The van der Waals surface area contributed by atoms with E-state index in [0.717, 1.165) is 6.42 Å². The number of piperazine rings is 1. The molecule has 5 nitrogen and oxygen atoms in total. The molecular formula is C17H24FN3O2. The number of anilines is 1. The molecule has 1 aliphatic heterocycles. The van der Waals surface area contributed by atoms with Gasteiger partial charge in [-0.2, -0.15) is 0 Å². The van der Waals surface area contributed by atoms with Gasteiger partial charge >= 0.3 is 0 Å². The van der Waals surface area contributed by atoms with Crippen molar-refractivity contribution in [3.8, 4) is 0 Å². The lowest BCUT2D eigenvalue weighted by Gasteiger charge is -2.36. The average Bonchev–Trinajstić information content (AvgIpc) is 2.53. The van der Waals surface area contributed by atoms with Gasteiger partial charge in [0.2, 0.25) is 5.91 Å². The summed E-state index contributed by atoms with van der Waals surface area (Å²) < 4.78 is 13.9. The minimum atomic E-state index is -0.476. The van der Waals surface area contributed by atoms with E-state index >= 15 is 0 Å². The fraction of sp³-hybridized carbons (Fsp3) is 0.529. The third kappa shape index (κ3) is 4.51. The van der Waals surface area contributed by atoms with E-state index in [1.165, 1.54) is 13.0 Å². The molecule has 1 N–H and O–H groups in total. The lowest BCUT2D eigenvalue weighted by molar-refractivity contribution is -0.122. The minimum Gasteiger partial charge on any atom is -0.368 e. The molecule has 2 rings (SSSR count). The van der Waals surface area contributed by atoms with E-state index in [1.54, 1.807) is 12.1 Å². The van der Waals surface area contributed by atoms with Gasteiger partial charge in [0.1, 0.15) is 5.82 Å². The highest BCUT2D eigenvalue weighted by atomic mass is 19.1. The van der Waals surface area contributed by atoms with E-state index in [4.69, 9.17) is 0 Å². The number of halogens is 1. The number of carbonyl (C=O) groups excluding carboxylic acids is 2. The van der Waals surface area contributed by atoms with E-state index in [0.29, 0.717) is 45.0 Å². The largest absolute Gasteiger partial charge is 0.368 e. The van der Waals surface area contributed by atoms with Gasteiger partial charge in [-0.15, -0.1) is 0 Å². The van der Waals surface area contributed by atoms with Crippen molar-refractivity contribution in [1.82, 2.24) is 10.2 Å². The summed E-state index contributed by atoms with van der Waals surface area (Å²) in [5, 5.41) is 2.87. The Morgan fingerprint density at radius 2 is 1.91 bits per heavy atom. The summed E-state index contributed by atoms with van der Waals surface area (Å²) in [6.07, 6.45) is 0.924. The van der Waals surface area contributed by atoms with Gasteiger partial charge in [0, 0.05) is 32.7 Å². The zero-order chi connectivity index (χ0) is 16.8. The molecule has 6 heteroatoms. The number of nitrogens with zero attached hydrogens (tertiary/aromatic N) is 2. The molecule has 0 radical (unpaired) electrons. The van der Waals surface area contributed by atoms with Crippen molar-refractivity contribution in [2.45, 2.75) is 20.3 Å². The zero-order valence-electron chi connectivity index (χ0n) is 13.8. The first-order valence-corrected chi connectivity index (χ1v) is 8.06. The van der Waals surface area contributed by atoms with Crippen LogP contribution in [-0.2, 0) is 4.79 Å². The van der Waals surface area contributed by atoms with Gasteiger partial charge in [-0.3, -0.25) is 14.5 Å². The number of amides is 1. The Morgan fingerprint density at radius 3 is 2.52 bits per heavy atom. The summed E-state index contributed by atoms with van der Waals surface area (Å²) in [5.74, 6) is -0.702. The fourth-order valence-electron chi connectivity index (χ4n) is 2.80. The predicted octanol–water partition coefficient (Wildman–Crippen LogP) is 1.68. The van der Waals surface area contributed by atoms with Crippen LogP contribution in [0.5, 0.6) is 0 Å². The molecular weight excluding hydrogens is 297 g/mol. The van der Waals surface area contributed by atoms with Crippen LogP contribution in [0.4, 0.5) is 10.1 Å². The third-order valence-corrected chi connectivity index (χ3v) is 4.00. The lowest BCUT2D eigenvalue weighted by atomic mass is 10.1. The Labute approximate surface area is 136 Å². The van der Waals surface area contributed by atoms with Crippen molar-refractivity contribution in [3.05, 3.63) is 29.6 Å². The lowest BCUT2D eigenvalue weighted by Crippen LogP contribution is -2.49. The van der Waals surface area contributed by atoms with Gasteiger partial charge in [0.25, 0.3) is 0 Å². The smallest absolute Gasteiger partial charge is 0.234 e. The molecule has 1 fully saturated rings. The Balaban J connectivity index is 1.96. The average molecular weight is 321 g/mol. The topological polar surface area (TPSA) is 52.7 Å². The second-order valence-electron chi connectivity index (χ2n) is 5.80. The number of rotatable bonds is 6. The van der Waals surface area contributed by atoms with Crippen molar-refractivity contribution < 1.29 is 14.0 Å². The molecule has 0 saturated carbocycles. The highest BCUT2D eigenvalue weighted by Crippen LogP contribution is 2.24. The molecule has 1 aromatic rings. The van der Waals surface area contributed by atoms with Crippen molar-refractivity contribution in [2.75, 3.05) is 44.2 Å². The van der Waals surface area contributed by atoms with Gasteiger partial charge in [0.15, 0.2) is 5.78 Å². The molecule has 0 atom stereocenters. The number of carbonyl (C=O) groups is 2. The Bertz CT molecular complexity index is 569. The zero-order valence-corrected chi connectivity index (χ0v) is 13.8. The summed E-state index contributed by atoms with van der Waals surface area (Å²) in [6, 6.07) is 4.72. The molecule has 0 bridgehead atoms. The number of Topliss-reactive ketones (excluding diaryl/α,β-unsaturated/α-hetero) is 1. The Hall–Kier alpha value is -1.95. The van der Waals surface area contributed by atoms with Crippen LogP contribution in [0.1, 0.15) is 30.6 Å². The fourth-order valence-corrected chi connectivity index (χ4v) is 2.80. The number of hydrogen-bond donors (Lipinski definition) is 1. The van der Waals surface area contributed by atoms with Crippen LogP contribution in [0, 0.1) is 5.82 Å². The van der Waals surface area contributed by atoms with Gasteiger partial charge in [-0.1, -0.05) is 13.0 Å². The molecule has 1 aliphatic rings. The van der Waals surface area contributed by atoms with Crippen molar-refractivity contribution in [3.63, 3.8) is 0 Å². The predicted molar refractivity (Wildman–Crippen MR) is 88.4 cm³/mol. The van der Waals surface area contributed by atoms with Crippen LogP contribution >= 0.6 is 0 Å². The minimum absolute atomic E-state index is 0.0375. The van der Waals surface area contributed by atoms with E-state index in [2.05, 4.69) is 10.2 Å². The number of hydrogen-bond acceptors (Lipinski definition) is 4. The van der Waals surface area contributed by atoms with Crippen LogP contribution in [0.15, 0.2) is 18.2 Å². The van der Waals surface area contributed by atoms with Crippen molar-refractivity contribution >= 4 is 17.4 Å². The van der Waals surface area contributed by atoms with Gasteiger partial charge < -0.3 is 10.2 Å². The normalized spacial score (nSPS) is 15.5. The Morgan fingerprint density at radius 1 is 1.22 bits per heavy atom. The molecule has 0 unspecified atom stereocenters. The molecule has 1 heterocycles. The van der Waals surface area contributed by atoms with Gasteiger partial charge in [-0.05, 0) is 25.5 Å². The first kappa shape index (κ1) is 17.4. The summed E-state index contributed by atoms with van der Waals surface area (Å²) in [7, 11) is 0. The van der Waals surface area contributed by atoms with E-state index in [-0.39, 0.29) is 17.3 Å². The highest BCUT2D eigenvalue weighted by molar-refractivity contribution is 6.00. The maximum Gasteiger partial charge on any atom is 0.234 e. The standard InChI is InChI=1S/C17H24FN3O2/c1-3-7-19-16(23)12-20-8-10-21(11-9-20)15-6-4-5-14(18)17(15)13(2)22/h4-6H,3,7-12H2,1-2H3,(H,19,23). The molecule has 1 aromatic carbocycles.